The van der Waals surface area contributed by atoms with Crippen molar-refractivity contribution in [2.75, 3.05) is 13.1 Å². The molecule has 0 amide bonds. The van der Waals surface area contributed by atoms with Crippen LogP contribution in [0.15, 0.2) is 24.3 Å². The minimum absolute atomic E-state index is 0. The zero-order chi connectivity index (χ0) is 8.67. The molecular weight excluding hydrogens is 202 g/mol. The summed E-state index contributed by atoms with van der Waals surface area (Å²) in [6, 6.07) is 7.82. The van der Waals surface area contributed by atoms with E-state index >= 15 is 0 Å². The number of benzene rings is 1. The van der Waals surface area contributed by atoms with Gasteiger partial charge in [0.2, 0.25) is 0 Å². The van der Waals surface area contributed by atoms with Crippen LogP contribution in [-0.4, -0.2) is 25.3 Å². The van der Waals surface area contributed by atoms with E-state index in [1.165, 1.54) is 0 Å². The number of para-hydroxylation sites is 2. The van der Waals surface area contributed by atoms with Crippen molar-refractivity contribution in [2.24, 2.45) is 0 Å². The molecule has 4 heteroatoms. The lowest BCUT2D eigenvalue weighted by Crippen LogP contribution is -2.38. The van der Waals surface area contributed by atoms with Gasteiger partial charge >= 0.3 is 0 Å². The van der Waals surface area contributed by atoms with Gasteiger partial charge in [0, 0.05) is 13.1 Å². The number of hydrogen-bond donors (Lipinski definition) is 1. The Hall–Kier alpha value is -0.930. The van der Waals surface area contributed by atoms with Gasteiger partial charge in [0.25, 0.3) is 0 Å². The van der Waals surface area contributed by atoms with Crippen LogP contribution in [0.3, 0.4) is 0 Å². The Labute approximate surface area is 88.8 Å². The summed E-state index contributed by atoms with van der Waals surface area (Å²) in [5.74, 6) is 1.74. The third-order valence-electron chi connectivity index (χ3n) is 2.51. The largest absolute Gasteiger partial charge is 0.481 e. The average molecular weight is 214 g/mol. The molecule has 2 atom stereocenters. The van der Waals surface area contributed by atoms with Gasteiger partial charge in [-0.2, -0.15) is 0 Å². The van der Waals surface area contributed by atoms with Crippen molar-refractivity contribution in [3.05, 3.63) is 24.3 Å². The van der Waals surface area contributed by atoms with Crippen LogP contribution in [0.1, 0.15) is 0 Å². The number of fused-ring (bicyclic) bond motifs is 2. The van der Waals surface area contributed by atoms with Gasteiger partial charge in [-0.25, -0.2) is 0 Å². The molecule has 1 fully saturated rings. The van der Waals surface area contributed by atoms with E-state index in [9.17, 15) is 0 Å². The molecule has 3 nitrogen and oxygen atoms in total. The normalized spacial score (nSPS) is 27.7. The maximum absolute atomic E-state index is 5.77. The fraction of sp³-hybridized carbons (Fsp3) is 0.400. The first-order chi connectivity index (χ1) is 6.43. The van der Waals surface area contributed by atoms with Crippen molar-refractivity contribution in [3.8, 4) is 11.5 Å². The van der Waals surface area contributed by atoms with E-state index in [2.05, 4.69) is 5.32 Å². The molecule has 1 N–H and O–H groups in total. The molecule has 0 aromatic heterocycles. The zero-order valence-electron chi connectivity index (χ0n) is 7.60. The van der Waals surface area contributed by atoms with Crippen molar-refractivity contribution >= 4 is 12.4 Å². The van der Waals surface area contributed by atoms with Gasteiger partial charge in [-0.3, -0.25) is 0 Å². The van der Waals surface area contributed by atoms with E-state index in [-0.39, 0.29) is 24.6 Å². The Balaban J connectivity index is 0.000000750. The molecule has 0 spiro atoms. The molecule has 1 aromatic rings. The summed E-state index contributed by atoms with van der Waals surface area (Å²) in [5, 5.41) is 3.25. The van der Waals surface area contributed by atoms with Crippen LogP contribution in [0.4, 0.5) is 0 Å². The van der Waals surface area contributed by atoms with Crippen LogP contribution in [0.5, 0.6) is 11.5 Å². The van der Waals surface area contributed by atoms with E-state index in [1.807, 2.05) is 24.3 Å². The van der Waals surface area contributed by atoms with Gasteiger partial charge in [-0.1, -0.05) is 12.1 Å². The maximum atomic E-state index is 5.77. The van der Waals surface area contributed by atoms with Crippen LogP contribution in [0, 0.1) is 0 Å². The Morgan fingerprint density at radius 2 is 1.50 bits per heavy atom. The van der Waals surface area contributed by atoms with Gasteiger partial charge in [0.05, 0.1) is 0 Å². The van der Waals surface area contributed by atoms with Crippen molar-refractivity contribution in [2.45, 2.75) is 12.2 Å². The van der Waals surface area contributed by atoms with E-state index in [0.29, 0.717) is 0 Å². The third-order valence-corrected chi connectivity index (χ3v) is 2.51. The average Bonchev–Trinajstić information content (AvgIpc) is 2.61. The summed E-state index contributed by atoms with van der Waals surface area (Å²) in [5.41, 5.74) is 0. The molecule has 1 aromatic carbocycles. The first-order valence-electron chi connectivity index (χ1n) is 4.56. The second-order valence-electron chi connectivity index (χ2n) is 3.42. The molecule has 2 heterocycles. The summed E-state index contributed by atoms with van der Waals surface area (Å²) in [7, 11) is 0. The van der Waals surface area contributed by atoms with E-state index in [0.717, 1.165) is 24.6 Å². The Morgan fingerprint density at radius 3 is 2.00 bits per heavy atom. The maximum Gasteiger partial charge on any atom is 0.161 e. The van der Waals surface area contributed by atoms with Crippen LogP contribution in [0.2, 0.25) is 0 Å². The molecule has 76 valence electrons. The molecule has 14 heavy (non-hydrogen) atoms. The van der Waals surface area contributed by atoms with Crippen LogP contribution >= 0.6 is 12.4 Å². The van der Waals surface area contributed by atoms with Gasteiger partial charge in [-0.15, -0.1) is 12.4 Å². The van der Waals surface area contributed by atoms with Crippen LogP contribution in [0.25, 0.3) is 0 Å². The second kappa shape index (κ2) is 3.67. The molecule has 0 radical (unpaired) electrons. The summed E-state index contributed by atoms with van der Waals surface area (Å²) in [4.78, 5) is 0. The molecule has 0 saturated carbocycles. The summed E-state index contributed by atoms with van der Waals surface area (Å²) < 4.78 is 11.5. The van der Waals surface area contributed by atoms with E-state index in [1.54, 1.807) is 0 Å². The Morgan fingerprint density at radius 1 is 1.00 bits per heavy atom. The number of hydrogen-bond acceptors (Lipinski definition) is 3. The van der Waals surface area contributed by atoms with Gasteiger partial charge in [-0.05, 0) is 12.1 Å². The molecular formula is C10H12ClNO2. The predicted molar refractivity (Wildman–Crippen MR) is 55.4 cm³/mol. The summed E-state index contributed by atoms with van der Waals surface area (Å²) in [6.45, 7) is 1.78. The summed E-state index contributed by atoms with van der Waals surface area (Å²) >= 11 is 0. The quantitative estimate of drug-likeness (QED) is 0.703. The van der Waals surface area contributed by atoms with Gasteiger partial charge < -0.3 is 14.8 Å². The van der Waals surface area contributed by atoms with Crippen LogP contribution < -0.4 is 14.8 Å². The van der Waals surface area contributed by atoms with E-state index in [4.69, 9.17) is 9.47 Å². The third kappa shape index (κ3) is 1.42. The molecule has 2 aliphatic rings. The van der Waals surface area contributed by atoms with Gasteiger partial charge in [0.1, 0.15) is 12.2 Å². The van der Waals surface area contributed by atoms with Gasteiger partial charge in [0.15, 0.2) is 11.5 Å². The fourth-order valence-corrected chi connectivity index (χ4v) is 1.84. The zero-order valence-corrected chi connectivity index (χ0v) is 8.42. The van der Waals surface area contributed by atoms with Crippen molar-refractivity contribution < 1.29 is 9.47 Å². The Bertz CT molecular complexity index is 301. The molecule has 3 rings (SSSR count). The highest BCUT2D eigenvalue weighted by molar-refractivity contribution is 5.85. The molecule has 0 bridgehead atoms. The summed E-state index contributed by atoms with van der Waals surface area (Å²) in [6.07, 6.45) is 0.379. The van der Waals surface area contributed by atoms with Crippen molar-refractivity contribution in [1.29, 1.82) is 0 Å². The first-order valence-corrected chi connectivity index (χ1v) is 4.56. The van der Waals surface area contributed by atoms with Crippen molar-refractivity contribution in [1.82, 2.24) is 5.32 Å². The number of rotatable bonds is 0. The van der Waals surface area contributed by atoms with E-state index < -0.39 is 0 Å². The Kier molecular flexibility index (Phi) is 2.52. The minimum atomic E-state index is 0. The highest BCUT2D eigenvalue weighted by atomic mass is 35.5. The highest BCUT2D eigenvalue weighted by Crippen LogP contribution is 2.34. The monoisotopic (exact) mass is 213 g/mol. The van der Waals surface area contributed by atoms with Crippen LogP contribution in [-0.2, 0) is 0 Å². The highest BCUT2D eigenvalue weighted by Gasteiger charge is 2.35. The fourth-order valence-electron chi connectivity index (χ4n) is 1.84. The van der Waals surface area contributed by atoms with Crippen molar-refractivity contribution in [3.63, 3.8) is 0 Å². The molecule has 2 aliphatic heterocycles. The lowest BCUT2D eigenvalue weighted by molar-refractivity contribution is 0.0552. The molecule has 2 unspecified atom stereocenters. The second-order valence-corrected chi connectivity index (χ2v) is 3.42. The SMILES string of the molecule is Cl.c1ccc2c(c1)OC1CNCC1O2. The topological polar surface area (TPSA) is 30.5 Å². The minimum Gasteiger partial charge on any atom is -0.481 e. The standard InChI is InChI=1S/C10H11NO2.ClH/c1-2-4-8-7(3-1)12-9-5-11-6-10(9)13-8;/h1-4,9-11H,5-6H2;1H. The number of nitrogens with one attached hydrogen (secondary N) is 1. The lowest BCUT2D eigenvalue weighted by Gasteiger charge is -2.28. The lowest BCUT2D eigenvalue weighted by atomic mass is 10.2. The number of halogens is 1. The predicted octanol–water partition coefficient (Wildman–Crippen LogP) is 1.22. The smallest absolute Gasteiger partial charge is 0.161 e. The molecule has 0 aliphatic carbocycles. The molecule has 1 saturated heterocycles. The first kappa shape index (κ1) is 9.62. The number of ether oxygens (including phenoxy) is 2.